The Morgan fingerprint density at radius 2 is 1.97 bits per heavy atom. The first-order chi connectivity index (χ1) is 16.3. The van der Waals surface area contributed by atoms with E-state index in [-0.39, 0.29) is 23.2 Å². The number of pyridine rings is 2. The number of rotatable bonds is 7. The van der Waals surface area contributed by atoms with Crippen LogP contribution < -0.4 is 15.4 Å². The maximum atomic E-state index is 6.62. The maximum absolute atomic E-state index is 6.62. The summed E-state index contributed by atoms with van der Waals surface area (Å²) < 4.78 is 11.5. The van der Waals surface area contributed by atoms with Crippen LogP contribution in [0.1, 0.15) is 54.4 Å². The molecule has 2 saturated heterocycles. The van der Waals surface area contributed by atoms with E-state index in [1.165, 1.54) is 0 Å². The summed E-state index contributed by atoms with van der Waals surface area (Å²) in [6.07, 6.45) is 4.81. The van der Waals surface area contributed by atoms with Crippen molar-refractivity contribution in [2.75, 3.05) is 26.9 Å². The van der Waals surface area contributed by atoms with Gasteiger partial charge in [0.15, 0.2) is 0 Å². The summed E-state index contributed by atoms with van der Waals surface area (Å²) in [5, 5.41) is 7.09. The van der Waals surface area contributed by atoms with Crippen LogP contribution >= 0.6 is 11.6 Å². The van der Waals surface area contributed by atoms with E-state index in [4.69, 9.17) is 31.0 Å². The largest absolute Gasteiger partial charge is 0.496 e. The summed E-state index contributed by atoms with van der Waals surface area (Å²) in [7, 11) is 1.73. The molecule has 2 aromatic rings. The zero-order valence-corrected chi connectivity index (χ0v) is 21.8. The molecule has 2 aromatic heterocycles. The van der Waals surface area contributed by atoms with Gasteiger partial charge in [-0.25, -0.2) is 0 Å². The van der Waals surface area contributed by atoms with Gasteiger partial charge in [0.25, 0.3) is 0 Å². The summed E-state index contributed by atoms with van der Waals surface area (Å²) >= 11 is 6.62. The van der Waals surface area contributed by atoms with Crippen molar-refractivity contribution >= 4 is 11.6 Å². The summed E-state index contributed by atoms with van der Waals surface area (Å²) in [4.78, 5) is 12.3. The number of halogens is 1. The molecular formula is C26H38ClN5O2. The third-order valence-corrected chi connectivity index (χ3v) is 7.54. The van der Waals surface area contributed by atoms with E-state index in [1.54, 1.807) is 7.11 Å². The lowest BCUT2D eigenvalue weighted by atomic mass is 9.76. The van der Waals surface area contributed by atoms with Gasteiger partial charge in [-0.15, -0.1) is 11.6 Å². The monoisotopic (exact) mass is 487 g/mol. The fourth-order valence-electron chi connectivity index (χ4n) is 5.38. The molecule has 186 valence electrons. The Morgan fingerprint density at radius 3 is 2.65 bits per heavy atom. The quantitative estimate of drug-likeness (QED) is 0.455. The molecule has 4 rings (SSSR count). The first kappa shape index (κ1) is 25.3. The molecule has 3 atom stereocenters. The van der Waals surface area contributed by atoms with Gasteiger partial charge in [-0.3, -0.25) is 25.5 Å². The number of methoxy groups -OCH3 is 1. The van der Waals surface area contributed by atoms with Crippen LogP contribution in [0.25, 0.3) is 0 Å². The average molecular weight is 488 g/mol. The standard InChI is InChI=1S/C26H38ClN5O2/c1-17-14-28-21(19(3)25(17)33-5)15-32(24-13-23(27)30-20(4)31-24)16-26(9-11-34-12-10-26)22-8-6-7-18(2)29-22/h6-8,14,20,23-24,30-31H,9-13,15-16H2,1-5H3. The van der Waals surface area contributed by atoms with E-state index in [0.29, 0.717) is 6.54 Å². The SMILES string of the molecule is COc1c(C)cnc(CN(CC2(c3cccc(C)n3)CCOCC2)C2CC(Cl)NC(C)N2)c1C. The maximum Gasteiger partial charge on any atom is 0.128 e. The Balaban J connectivity index is 1.71. The number of aryl methyl sites for hydroxylation is 2. The van der Waals surface area contributed by atoms with Gasteiger partial charge in [0.2, 0.25) is 0 Å². The van der Waals surface area contributed by atoms with Crippen molar-refractivity contribution in [2.45, 2.75) is 76.7 Å². The zero-order valence-electron chi connectivity index (χ0n) is 21.0. The van der Waals surface area contributed by atoms with E-state index in [2.05, 4.69) is 54.5 Å². The molecule has 2 fully saturated rings. The second-order valence-electron chi connectivity index (χ2n) is 9.78. The minimum atomic E-state index is -0.0927. The fourth-order valence-corrected chi connectivity index (χ4v) is 5.74. The molecule has 0 spiro atoms. The molecule has 3 unspecified atom stereocenters. The number of aromatic nitrogens is 2. The van der Waals surface area contributed by atoms with Crippen LogP contribution in [0, 0.1) is 20.8 Å². The zero-order chi connectivity index (χ0) is 24.3. The molecule has 0 radical (unpaired) electrons. The number of hydrogen-bond acceptors (Lipinski definition) is 7. The summed E-state index contributed by atoms with van der Waals surface area (Å²) in [5.74, 6) is 0.910. The van der Waals surface area contributed by atoms with Gasteiger partial charge in [-0.2, -0.15) is 0 Å². The van der Waals surface area contributed by atoms with Gasteiger partial charge in [-0.05, 0) is 52.7 Å². The van der Waals surface area contributed by atoms with Crippen LogP contribution in [0.4, 0.5) is 0 Å². The van der Waals surface area contributed by atoms with Crippen molar-refractivity contribution in [2.24, 2.45) is 0 Å². The predicted molar refractivity (Wildman–Crippen MR) is 135 cm³/mol. The smallest absolute Gasteiger partial charge is 0.128 e. The Morgan fingerprint density at radius 1 is 1.21 bits per heavy atom. The average Bonchev–Trinajstić information content (AvgIpc) is 2.81. The van der Waals surface area contributed by atoms with E-state index >= 15 is 0 Å². The van der Waals surface area contributed by atoms with E-state index in [9.17, 15) is 0 Å². The molecule has 2 N–H and O–H groups in total. The highest BCUT2D eigenvalue weighted by molar-refractivity contribution is 6.20. The third-order valence-electron chi connectivity index (χ3n) is 7.23. The lowest BCUT2D eigenvalue weighted by Gasteiger charge is -2.46. The highest BCUT2D eigenvalue weighted by Gasteiger charge is 2.40. The van der Waals surface area contributed by atoms with Gasteiger partial charge >= 0.3 is 0 Å². The fraction of sp³-hybridized carbons (Fsp3) is 0.615. The highest BCUT2D eigenvalue weighted by atomic mass is 35.5. The topological polar surface area (TPSA) is 71.5 Å². The summed E-state index contributed by atoms with van der Waals surface area (Å²) in [6, 6.07) is 6.36. The molecule has 0 amide bonds. The number of alkyl halides is 1. The molecule has 2 aliphatic rings. The second kappa shape index (κ2) is 10.9. The molecule has 0 bridgehead atoms. The van der Waals surface area contributed by atoms with Crippen molar-refractivity contribution in [1.82, 2.24) is 25.5 Å². The van der Waals surface area contributed by atoms with Crippen molar-refractivity contribution in [3.63, 3.8) is 0 Å². The van der Waals surface area contributed by atoms with Gasteiger partial charge in [0, 0.05) is 66.9 Å². The van der Waals surface area contributed by atoms with E-state index in [1.807, 2.05) is 13.1 Å². The molecular weight excluding hydrogens is 450 g/mol. The highest BCUT2D eigenvalue weighted by Crippen LogP contribution is 2.37. The first-order valence-electron chi connectivity index (χ1n) is 12.2. The molecule has 0 aromatic carbocycles. The Bertz CT molecular complexity index is 972. The lowest BCUT2D eigenvalue weighted by molar-refractivity contribution is 0.0101. The minimum Gasteiger partial charge on any atom is -0.496 e. The van der Waals surface area contributed by atoms with Crippen LogP contribution in [0.3, 0.4) is 0 Å². The Hall–Kier alpha value is -1.77. The normalized spacial score (nSPS) is 24.9. The molecule has 2 aliphatic heterocycles. The Kier molecular flexibility index (Phi) is 8.10. The molecule has 0 aliphatic carbocycles. The third kappa shape index (κ3) is 5.55. The summed E-state index contributed by atoms with van der Waals surface area (Å²) in [6.45, 7) is 11.3. The van der Waals surface area contributed by atoms with Gasteiger partial charge in [0.05, 0.1) is 30.6 Å². The number of nitrogens with zero attached hydrogens (tertiary/aromatic N) is 3. The van der Waals surface area contributed by atoms with E-state index in [0.717, 1.165) is 73.0 Å². The molecule has 0 saturated carbocycles. The lowest BCUT2D eigenvalue weighted by Crippen LogP contribution is -2.62. The molecule has 4 heterocycles. The van der Waals surface area contributed by atoms with Crippen LogP contribution in [-0.2, 0) is 16.7 Å². The van der Waals surface area contributed by atoms with E-state index < -0.39 is 0 Å². The second-order valence-corrected chi connectivity index (χ2v) is 10.3. The van der Waals surface area contributed by atoms with Crippen molar-refractivity contribution in [1.29, 1.82) is 0 Å². The van der Waals surface area contributed by atoms with Crippen molar-refractivity contribution in [3.8, 4) is 5.75 Å². The number of nitrogens with one attached hydrogen (secondary N) is 2. The van der Waals surface area contributed by atoms with Crippen molar-refractivity contribution < 1.29 is 9.47 Å². The van der Waals surface area contributed by atoms with Crippen LogP contribution in [0.2, 0.25) is 0 Å². The van der Waals surface area contributed by atoms with Crippen LogP contribution in [-0.4, -0.2) is 59.6 Å². The molecule has 8 heteroatoms. The number of ether oxygens (including phenoxy) is 2. The molecule has 7 nitrogen and oxygen atoms in total. The van der Waals surface area contributed by atoms with Crippen molar-refractivity contribution in [3.05, 3.63) is 52.6 Å². The Labute approximate surface area is 208 Å². The molecule has 34 heavy (non-hydrogen) atoms. The summed E-state index contributed by atoms with van der Waals surface area (Å²) in [5.41, 5.74) is 5.18. The van der Waals surface area contributed by atoms with Gasteiger partial charge in [-0.1, -0.05) is 6.07 Å². The predicted octanol–water partition coefficient (Wildman–Crippen LogP) is 3.78. The van der Waals surface area contributed by atoms with Gasteiger partial charge < -0.3 is 9.47 Å². The first-order valence-corrected chi connectivity index (χ1v) is 12.7. The number of hydrogen-bond donors (Lipinski definition) is 2. The minimum absolute atomic E-state index is 0.0897. The van der Waals surface area contributed by atoms with Crippen LogP contribution in [0.15, 0.2) is 24.4 Å². The van der Waals surface area contributed by atoms with Gasteiger partial charge in [0.1, 0.15) is 5.75 Å². The van der Waals surface area contributed by atoms with Crippen LogP contribution in [0.5, 0.6) is 5.75 Å².